The van der Waals surface area contributed by atoms with Gasteiger partial charge in [-0.1, -0.05) is 30.3 Å². The lowest BCUT2D eigenvalue weighted by Gasteiger charge is -2.26. The Kier molecular flexibility index (Phi) is 8.86. The summed E-state index contributed by atoms with van der Waals surface area (Å²) in [5, 5.41) is 2.52. The number of nitrogens with zero attached hydrogens (tertiary/aromatic N) is 3. The van der Waals surface area contributed by atoms with Crippen LogP contribution in [0, 0.1) is 5.82 Å². The molecule has 1 atom stereocenters. The number of carbonyl (C=O) groups excluding carboxylic acids is 2. The molecule has 0 aliphatic carbocycles. The van der Waals surface area contributed by atoms with Gasteiger partial charge in [-0.05, 0) is 48.9 Å². The molecule has 0 spiro atoms. The normalized spacial score (nSPS) is 20.0. The van der Waals surface area contributed by atoms with Gasteiger partial charge in [0.15, 0.2) is 5.17 Å². The number of morpholine rings is 1. The van der Waals surface area contributed by atoms with Gasteiger partial charge in [-0.25, -0.2) is 17.8 Å². The zero-order chi connectivity index (χ0) is 26.6. The minimum absolute atomic E-state index is 0.0461. The Morgan fingerprint density at radius 3 is 2.59 bits per heavy atom. The number of thioether (sulfide) groups is 1. The highest BCUT2D eigenvalue weighted by atomic mass is 35.5. The van der Waals surface area contributed by atoms with E-state index in [2.05, 4.69) is 10.3 Å². The van der Waals surface area contributed by atoms with Gasteiger partial charge in [-0.2, -0.15) is 4.31 Å². The van der Waals surface area contributed by atoms with Crippen LogP contribution < -0.4 is 5.32 Å². The highest BCUT2D eigenvalue weighted by Gasteiger charge is 2.39. The number of amides is 2. The number of carbonyl (C=O) groups is 2. The largest absolute Gasteiger partial charge is 0.379 e. The first kappa shape index (κ1) is 27.5. The minimum Gasteiger partial charge on any atom is -0.379 e. The second-order valence-electron chi connectivity index (χ2n) is 8.38. The van der Waals surface area contributed by atoms with Crippen molar-refractivity contribution in [3.8, 4) is 0 Å². The Labute approximate surface area is 224 Å². The molecule has 2 aromatic rings. The molecule has 2 aliphatic rings. The van der Waals surface area contributed by atoms with Gasteiger partial charge in [-0.3, -0.25) is 14.5 Å². The Hall–Kier alpha value is -2.51. The van der Waals surface area contributed by atoms with Crippen LogP contribution in [0.25, 0.3) is 0 Å². The fraction of sp³-hybridized carbons (Fsp3) is 0.375. The number of amidine groups is 1. The summed E-state index contributed by atoms with van der Waals surface area (Å²) >= 11 is 7.48. The van der Waals surface area contributed by atoms with E-state index in [1.807, 2.05) is 6.92 Å². The molecule has 2 aromatic carbocycles. The van der Waals surface area contributed by atoms with Crippen molar-refractivity contribution in [2.45, 2.75) is 29.9 Å². The van der Waals surface area contributed by atoms with Crippen LogP contribution in [-0.2, 0) is 24.3 Å². The Morgan fingerprint density at radius 1 is 1.22 bits per heavy atom. The van der Waals surface area contributed by atoms with E-state index in [4.69, 9.17) is 16.3 Å². The van der Waals surface area contributed by atoms with Crippen molar-refractivity contribution in [2.24, 2.45) is 4.99 Å². The molecule has 9 nitrogen and oxygen atoms in total. The topological polar surface area (TPSA) is 108 Å². The predicted molar refractivity (Wildman–Crippen MR) is 141 cm³/mol. The summed E-state index contributed by atoms with van der Waals surface area (Å²) in [5.74, 6) is -1.09. The number of halogens is 2. The Balaban J connectivity index is 1.55. The molecule has 2 amide bonds. The van der Waals surface area contributed by atoms with Crippen molar-refractivity contribution >= 4 is 61.7 Å². The molecule has 2 aliphatic heterocycles. The molecule has 0 aromatic heterocycles. The first-order valence-electron chi connectivity index (χ1n) is 11.7. The van der Waals surface area contributed by atoms with Crippen molar-refractivity contribution in [1.29, 1.82) is 0 Å². The van der Waals surface area contributed by atoms with Crippen LogP contribution in [0.3, 0.4) is 0 Å². The lowest BCUT2D eigenvalue weighted by atomic mass is 10.2. The third-order valence-corrected chi connectivity index (χ3v) is 9.10. The number of ether oxygens (including phenoxy) is 1. The van der Waals surface area contributed by atoms with Gasteiger partial charge in [0.2, 0.25) is 21.8 Å². The summed E-state index contributed by atoms with van der Waals surface area (Å²) in [6, 6.07) is 9.62. The van der Waals surface area contributed by atoms with E-state index in [0.29, 0.717) is 37.0 Å². The average molecular weight is 569 g/mol. The molecule has 1 N–H and O–H groups in total. The predicted octanol–water partition coefficient (Wildman–Crippen LogP) is 3.87. The molecule has 2 fully saturated rings. The molecule has 198 valence electrons. The van der Waals surface area contributed by atoms with Gasteiger partial charge >= 0.3 is 0 Å². The van der Waals surface area contributed by atoms with E-state index in [-0.39, 0.29) is 41.0 Å². The van der Waals surface area contributed by atoms with E-state index >= 15 is 0 Å². The summed E-state index contributed by atoms with van der Waals surface area (Å²) in [6.45, 7) is 3.44. The molecule has 0 saturated carbocycles. The highest BCUT2D eigenvalue weighted by Crippen LogP contribution is 2.35. The molecule has 2 heterocycles. The number of anilines is 1. The van der Waals surface area contributed by atoms with Crippen LogP contribution in [0.1, 0.15) is 19.8 Å². The number of sulfonamides is 1. The van der Waals surface area contributed by atoms with Crippen molar-refractivity contribution in [1.82, 2.24) is 9.21 Å². The Morgan fingerprint density at radius 2 is 1.92 bits per heavy atom. The molecular weight excluding hydrogens is 543 g/mol. The van der Waals surface area contributed by atoms with Crippen LogP contribution >= 0.6 is 23.4 Å². The van der Waals surface area contributed by atoms with Crippen LogP contribution in [0.5, 0.6) is 0 Å². The first-order valence-corrected chi connectivity index (χ1v) is 14.4. The number of rotatable bonds is 8. The number of hydrogen-bond acceptors (Lipinski definition) is 7. The van der Waals surface area contributed by atoms with Gasteiger partial charge in [0, 0.05) is 31.7 Å². The third kappa shape index (κ3) is 6.50. The molecule has 2 saturated heterocycles. The number of benzene rings is 2. The molecule has 0 bridgehead atoms. The SMILES string of the molecule is CCCN1C(=O)C(CC(=O)Nc2ccc(F)cc2)SC1=Nc1cc(S(=O)(=O)N2CCOCC2)ccc1Cl. The maximum absolute atomic E-state index is 13.1. The molecule has 37 heavy (non-hydrogen) atoms. The van der Waals surface area contributed by atoms with Gasteiger partial charge < -0.3 is 10.1 Å². The molecule has 13 heteroatoms. The van der Waals surface area contributed by atoms with E-state index in [1.54, 1.807) is 0 Å². The first-order chi connectivity index (χ1) is 17.7. The fourth-order valence-corrected chi connectivity index (χ4v) is 6.61. The minimum atomic E-state index is -3.77. The van der Waals surface area contributed by atoms with Crippen molar-refractivity contribution in [3.05, 3.63) is 53.3 Å². The monoisotopic (exact) mass is 568 g/mol. The van der Waals surface area contributed by atoms with E-state index < -0.39 is 27.0 Å². The zero-order valence-electron chi connectivity index (χ0n) is 20.0. The summed E-state index contributed by atoms with van der Waals surface area (Å²) in [6.07, 6.45) is 0.540. The lowest BCUT2D eigenvalue weighted by molar-refractivity contribution is -0.128. The number of nitrogens with one attached hydrogen (secondary N) is 1. The standard InChI is InChI=1S/C24H26ClFN4O5S2/c1-2-9-30-23(32)21(15-22(31)27-17-5-3-16(26)4-6-17)36-24(30)28-20-14-18(7-8-19(20)25)37(33,34)29-10-12-35-13-11-29/h3-8,14,21H,2,9-13,15H2,1H3,(H,27,31). The zero-order valence-corrected chi connectivity index (χ0v) is 22.4. The van der Waals surface area contributed by atoms with Crippen LogP contribution in [0.15, 0.2) is 52.4 Å². The van der Waals surface area contributed by atoms with Gasteiger partial charge in [-0.15, -0.1) is 0 Å². The van der Waals surface area contributed by atoms with Crippen molar-refractivity contribution < 1.29 is 27.1 Å². The van der Waals surface area contributed by atoms with E-state index in [9.17, 15) is 22.4 Å². The van der Waals surface area contributed by atoms with Gasteiger partial charge in [0.05, 0.1) is 28.8 Å². The van der Waals surface area contributed by atoms with Crippen LogP contribution in [-0.4, -0.2) is 72.7 Å². The second-order valence-corrected chi connectivity index (χ2v) is 11.9. The quantitative estimate of drug-likeness (QED) is 0.518. The Bertz CT molecular complexity index is 1300. The summed E-state index contributed by atoms with van der Waals surface area (Å²) in [7, 11) is -3.77. The third-order valence-electron chi connectivity index (χ3n) is 5.71. The maximum atomic E-state index is 13.1. The molecule has 4 rings (SSSR count). The average Bonchev–Trinajstić information content (AvgIpc) is 3.16. The fourth-order valence-electron chi connectivity index (χ4n) is 3.85. The van der Waals surface area contributed by atoms with Gasteiger partial charge in [0.25, 0.3) is 0 Å². The molecule has 0 radical (unpaired) electrons. The van der Waals surface area contributed by atoms with Crippen molar-refractivity contribution in [3.63, 3.8) is 0 Å². The molecular formula is C24H26ClFN4O5S2. The van der Waals surface area contributed by atoms with Crippen LogP contribution in [0.4, 0.5) is 15.8 Å². The van der Waals surface area contributed by atoms with E-state index in [0.717, 1.165) is 11.8 Å². The second kappa shape index (κ2) is 11.9. The maximum Gasteiger partial charge on any atom is 0.243 e. The van der Waals surface area contributed by atoms with Crippen LogP contribution in [0.2, 0.25) is 5.02 Å². The summed E-state index contributed by atoms with van der Waals surface area (Å²) in [5.41, 5.74) is 0.634. The van der Waals surface area contributed by atoms with Crippen molar-refractivity contribution in [2.75, 3.05) is 38.2 Å². The van der Waals surface area contributed by atoms with E-state index in [1.165, 1.54) is 51.7 Å². The summed E-state index contributed by atoms with van der Waals surface area (Å²) in [4.78, 5) is 31.7. The lowest BCUT2D eigenvalue weighted by Crippen LogP contribution is -2.40. The number of aliphatic imine (C=N–C) groups is 1. The number of hydrogen-bond donors (Lipinski definition) is 1. The highest BCUT2D eigenvalue weighted by molar-refractivity contribution is 8.15. The van der Waals surface area contributed by atoms with Gasteiger partial charge in [0.1, 0.15) is 11.1 Å². The summed E-state index contributed by atoms with van der Waals surface area (Å²) < 4.78 is 45.9. The smallest absolute Gasteiger partial charge is 0.243 e. The molecule has 1 unspecified atom stereocenters.